The molecular formula is C26H22N2O5. The van der Waals surface area contributed by atoms with E-state index in [0.29, 0.717) is 41.7 Å². The second-order valence-corrected chi connectivity index (χ2v) is 7.42. The van der Waals surface area contributed by atoms with Gasteiger partial charge in [0, 0.05) is 10.9 Å². The first-order valence-electron chi connectivity index (χ1n) is 10.6. The fraction of sp³-hybridized carbons (Fsp3) is 0.154. The number of rotatable bonds is 7. The van der Waals surface area contributed by atoms with E-state index in [4.69, 9.17) is 23.9 Å². The highest BCUT2D eigenvalue weighted by molar-refractivity contribution is 6.07. The van der Waals surface area contributed by atoms with Crippen LogP contribution in [0.15, 0.2) is 72.8 Å². The molecule has 7 nitrogen and oxygen atoms in total. The molecule has 7 heteroatoms. The smallest absolute Gasteiger partial charge is 0.252 e. The number of para-hydroxylation sites is 1. The lowest BCUT2D eigenvalue weighted by Gasteiger charge is -2.12. The predicted molar refractivity (Wildman–Crippen MR) is 124 cm³/mol. The van der Waals surface area contributed by atoms with E-state index >= 15 is 0 Å². The number of hydrogen-bond acceptors (Lipinski definition) is 6. The number of pyridine rings is 1. The Morgan fingerprint density at radius 1 is 0.970 bits per heavy atom. The predicted octanol–water partition coefficient (Wildman–Crippen LogP) is 4.45. The lowest BCUT2D eigenvalue weighted by molar-refractivity contribution is 0.0948. The third kappa shape index (κ3) is 4.39. The molecule has 5 rings (SSSR count). The molecule has 1 aromatic heterocycles. The summed E-state index contributed by atoms with van der Waals surface area (Å²) in [6.07, 6.45) is 0. The highest BCUT2D eigenvalue weighted by Gasteiger charge is 2.17. The maximum absolute atomic E-state index is 13.1. The van der Waals surface area contributed by atoms with Crippen molar-refractivity contribution < 1.29 is 23.7 Å². The van der Waals surface area contributed by atoms with Gasteiger partial charge in [0.2, 0.25) is 6.79 Å². The van der Waals surface area contributed by atoms with Gasteiger partial charge in [-0.3, -0.25) is 4.79 Å². The van der Waals surface area contributed by atoms with Crippen LogP contribution in [0.4, 0.5) is 0 Å². The van der Waals surface area contributed by atoms with Crippen LogP contribution in [0.3, 0.4) is 0 Å². The Morgan fingerprint density at radius 2 is 1.76 bits per heavy atom. The minimum Gasteiger partial charge on any atom is -0.497 e. The number of carbonyl (C=O) groups is 1. The average Bonchev–Trinajstić information content (AvgIpc) is 3.34. The first kappa shape index (κ1) is 20.6. The van der Waals surface area contributed by atoms with Crippen LogP contribution >= 0.6 is 0 Å². The molecule has 1 N–H and O–H groups in total. The number of hydrogen-bond donors (Lipinski definition) is 1. The fourth-order valence-electron chi connectivity index (χ4n) is 3.67. The zero-order valence-corrected chi connectivity index (χ0v) is 18.0. The summed E-state index contributed by atoms with van der Waals surface area (Å²) in [7, 11) is 1.62. The lowest BCUT2D eigenvalue weighted by atomic mass is 10.0. The van der Waals surface area contributed by atoms with E-state index in [9.17, 15) is 4.79 Å². The quantitative estimate of drug-likeness (QED) is 0.426. The van der Waals surface area contributed by atoms with Gasteiger partial charge >= 0.3 is 0 Å². The van der Waals surface area contributed by atoms with Gasteiger partial charge in [-0.15, -0.1) is 0 Å². The van der Waals surface area contributed by atoms with Gasteiger partial charge in [0.1, 0.15) is 18.1 Å². The van der Waals surface area contributed by atoms with E-state index in [2.05, 4.69) is 5.32 Å². The van der Waals surface area contributed by atoms with Crippen LogP contribution in [0.2, 0.25) is 0 Å². The summed E-state index contributed by atoms with van der Waals surface area (Å²) in [5.74, 6) is 2.66. The molecule has 0 saturated carbocycles. The summed E-state index contributed by atoms with van der Waals surface area (Å²) >= 11 is 0. The SMILES string of the molecule is COc1ccc(OCCNC(=O)c2cc(-c3ccc4c(c3)OCO4)nc3ccccc23)cc1. The van der Waals surface area contributed by atoms with Crippen LogP contribution in [0.1, 0.15) is 10.4 Å². The van der Waals surface area contributed by atoms with Gasteiger partial charge < -0.3 is 24.3 Å². The number of ether oxygens (including phenoxy) is 4. The summed E-state index contributed by atoms with van der Waals surface area (Å²) in [6.45, 7) is 0.910. The van der Waals surface area contributed by atoms with Crippen molar-refractivity contribution in [1.82, 2.24) is 10.3 Å². The summed E-state index contributed by atoms with van der Waals surface area (Å²) in [6, 6.07) is 22.4. The van der Waals surface area contributed by atoms with Crippen molar-refractivity contribution in [3.8, 4) is 34.3 Å². The third-order valence-corrected chi connectivity index (χ3v) is 5.34. The number of methoxy groups -OCH3 is 1. The Bertz CT molecular complexity index is 1300. The van der Waals surface area contributed by atoms with Crippen LogP contribution in [-0.2, 0) is 0 Å². The second kappa shape index (κ2) is 9.08. The summed E-state index contributed by atoms with van der Waals surface area (Å²) in [4.78, 5) is 17.8. The van der Waals surface area contributed by atoms with E-state index < -0.39 is 0 Å². The fourth-order valence-corrected chi connectivity index (χ4v) is 3.67. The standard InChI is InChI=1S/C26H22N2O5/c1-30-18-7-9-19(10-8-18)31-13-12-27-26(29)21-15-23(28-22-5-3-2-4-20(21)22)17-6-11-24-25(14-17)33-16-32-24/h2-11,14-15H,12-13,16H2,1H3,(H,27,29). The molecule has 3 aromatic carbocycles. The molecular weight excluding hydrogens is 420 g/mol. The van der Waals surface area contributed by atoms with Crippen molar-refractivity contribution in [3.63, 3.8) is 0 Å². The van der Waals surface area contributed by atoms with Gasteiger partial charge in [-0.05, 0) is 54.6 Å². The third-order valence-electron chi connectivity index (χ3n) is 5.34. The molecule has 1 amide bonds. The minimum absolute atomic E-state index is 0.186. The van der Waals surface area contributed by atoms with E-state index in [-0.39, 0.29) is 12.7 Å². The van der Waals surface area contributed by atoms with Crippen LogP contribution in [0.5, 0.6) is 23.0 Å². The Morgan fingerprint density at radius 3 is 2.61 bits per heavy atom. The molecule has 166 valence electrons. The molecule has 0 bridgehead atoms. The van der Waals surface area contributed by atoms with Crippen molar-refractivity contribution >= 4 is 16.8 Å². The Balaban J connectivity index is 1.33. The summed E-state index contributed by atoms with van der Waals surface area (Å²) in [5, 5.41) is 3.73. The Hall–Kier alpha value is -4.26. The average molecular weight is 442 g/mol. The normalized spacial score (nSPS) is 11.9. The molecule has 0 radical (unpaired) electrons. The zero-order chi connectivity index (χ0) is 22.6. The van der Waals surface area contributed by atoms with E-state index in [1.807, 2.05) is 66.7 Å². The summed E-state index contributed by atoms with van der Waals surface area (Å²) < 4.78 is 21.7. The van der Waals surface area contributed by atoms with Crippen molar-refractivity contribution in [2.24, 2.45) is 0 Å². The number of aromatic nitrogens is 1. The second-order valence-electron chi connectivity index (χ2n) is 7.42. The van der Waals surface area contributed by atoms with Crippen LogP contribution in [0.25, 0.3) is 22.2 Å². The first-order valence-corrected chi connectivity index (χ1v) is 10.6. The van der Waals surface area contributed by atoms with Crippen LogP contribution in [-0.4, -0.2) is 37.9 Å². The van der Waals surface area contributed by atoms with Crippen LogP contribution in [0, 0.1) is 0 Å². The maximum atomic E-state index is 13.1. The maximum Gasteiger partial charge on any atom is 0.252 e. The molecule has 4 aromatic rings. The molecule has 1 aliphatic rings. The molecule has 0 unspecified atom stereocenters. The van der Waals surface area contributed by atoms with Gasteiger partial charge in [0.05, 0.1) is 30.4 Å². The lowest BCUT2D eigenvalue weighted by Crippen LogP contribution is -2.28. The largest absolute Gasteiger partial charge is 0.497 e. The summed E-state index contributed by atoms with van der Waals surface area (Å²) in [5.41, 5.74) is 2.83. The van der Waals surface area contributed by atoms with Crippen LogP contribution < -0.4 is 24.3 Å². The topological polar surface area (TPSA) is 78.9 Å². The van der Waals surface area contributed by atoms with E-state index in [0.717, 1.165) is 22.2 Å². The molecule has 0 aliphatic carbocycles. The number of amides is 1. The van der Waals surface area contributed by atoms with Gasteiger partial charge in [-0.25, -0.2) is 4.98 Å². The Labute approximate surface area is 190 Å². The number of nitrogens with zero attached hydrogens (tertiary/aromatic N) is 1. The van der Waals surface area contributed by atoms with Crippen molar-refractivity contribution in [2.45, 2.75) is 0 Å². The molecule has 1 aliphatic heterocycles. The molecule has 0 atom stereocenters. The number of nitrogens with one attached hydrogen (secondary N) is 1. The van der Waals surface area contributed by atoms with Crippen molar-refractivity contribution in [2.75, 3.05) is 27.1 Å². The number of carbonyl (C=O) groups excluding carboxylic acids is 1. The highest BCUT2D eigenvalue weighted by atomic mass is 16.7. The van der Waals surface area contributed by atoms with Crippen molar-refractivity contribution in [1.29, 1.82) is 0 Å². The van der Waals surface area contributed by atoms with Gasteiger partial charge in [-0.1, -0.05) is 18.2 Å². The van der Waals surface area contributed by atoms with Gasteiger partial charge in [0.15, 0.2) is 11.5 Å². The minimum atomic E-state index is -0.186. The van der Waals surface area contributed by atoms with Gasteiger partial charge in [-0.2, -0.15) is 0 Å². The zero-order valence-electron chi connectivity index (χ0n) is 18.0. The molecule has 2 heterocycles. The van der Waals surface area contributed by atoms with Gasteiger partial charge in [0.25, 0.3) is 5.91 Å². The van der Waals surface area contributed by atoms with E-state index in [1.165, 1.54) is 0 Å². The van der Waals surface area contributed by atoms with Crippen molar-refractivity contribution in [3.05, 3.63) is 78.4 Å². The monoisotopic (exact) mass is 442 g/mol. The molecule has 0 spiro atoms. The highest BCUT2D eigenvalue weighted by Crippen LogP contribution is 2.36. The van der Waals surface area contributed by atoms with E-state index in [1.54, 1.807) is 13.2 Å². The Kier molecular flexibility index (Phi) is 5.68. The molecule has 33 heavy (non-hydrogen) atoms. The molecule has 0 fully saturated rings. The number of benzene rings is 3. The number of fused-ring (bicyclic) bond motifs is 2. The molecule has 0 saturated heterocycles. The first-order chi connectivity index (χ1) is 16.2.